The molecule has 8 nitrogen and oxygen atoms in total. The summed E-state index contributed by atoms with van der Waals surface area (Å²) in [6.07, 6.45) is 0.790. The third kappa shape index (κ3) is 4.56. The fourth-order valence-corrected chi connectivity index (χ4v) is 3.32. The first kappa shape index (κ1) is 22.8. The van der Waals surface area contributed by atoms with E-state index in [4.69, 9.17) is 16.2 Å². The lowest BCUT2D eigenvalue weighted by Crippen LogP contribution is -2.23. The van der Waals surface area contributed by atoms with Gasteiger partial charge in [-0.15, -0.1) is 0 Å². The van der Waals surface area contributed by atoms with Crippen LogP contribution in [0.5, 0.6) is 5.75 Å². The van der Waals surface area contributed by atoms with Crippen LogP contribution >= 0.6 is 0 Å². The van der Waals surface area contributed by atoms with Gasteiger partial charge in [0.15, 0.2) is 0 Å². The van der Waals surface area contributed by atoms with Gasteiger partial charge in [-0.1, -0.05) is 31.2 Å². The second-order valence-corrected chi connectivity index (χ2v) is 7.40. The van der Waals surface area contributed by atoms with Crippen molar-refractivity contribution in [3.8, 4) is 17.0 Å². The number of nitrogens with one attached hydrogen (secondary N) is 1. The summed E-state index contributed by atoms with van der Waals surface area (Å²) in [6.45, 7) is 4.17. The zero-order chi connectivity index (χ0) is 23.4. The number of carbonyl (C=O) groups excluding carboxylic acids is 2. The highest BCUT2D eigenvalue weighted by atomic mass is 19.1. The van der Waals surface area contributed by atoms with E-state index in [1.165, 1.54) is 19.2 Å². The molecule has 0 saturated heterocycles. The SMILES string of the molecule is CCC(C)n1nc(-c2ccc(CNC(=O)c3cc(F)ccc3OC)cc2)c(C(N)=O)c1N. The van der Waals surface area contributed by atoms with E-state index in [0.29, 0.717) is 11.3 Å². The molecule has 1 atom stereocenters. The van der Waals surface area contributed by atoms with E-state index < -0.39 is 17.6 Å². The minimum Gasteiger partial charge on any atom is -0.496 e. The number of anilines is 1. The molecule has 0 spiro atoms. The molecule has 3 rings (SSSR count). The van der Waals surface area contributed by atoms with Crippen LogP contribution in [0.3, 0.4) is 0 Å². The number of nitrogens with zero attached hydrogens (tertiary/aromatic N) is 2. The highest BCUT2D eigenvalue weighted by Crippen LogP contribution is 2.30. The van der Waals surface area contributed by atoms with Crippen LogP contribution in [0.2, 0.25) is 0 Å². The quantitative estimate of drug-likeness (QED) is 0.497. The van der Waals surface area contributed by atoms with Gasteiger partial charge in [0.1, 0.15) is 28.6 Å². The number of ether oxygens (including phenoxy) is 1. The fourth-order valence-electron chi connectivity index (χ4n) is 3.32. The number of primary amides is 1. The Morgan fingerprint density at radius 2 is 1.91 bits per heavy atom. The molecule has 0 radical (unpaired) electrons. The first-order valence-electron chi connectivity index (χ1n) is 10.2. The molecule has 0 aliphatic rings. The van der Waals surface area contributed by atoms with Crippen molar-refractivity contribution in [2.75, 3.05) is 12.8 Å². The average Bonchev–Trinajstić information content (AvgIpc) is 3.14. The van der Waals surface area contributed by atoms with Crippen molar-refractivity contribution < 1.29 is 18.7 Å². The molecule has 1 aromatic heterocycles. The predicted molar refractivity (Wildman–Crippen MR) is 120 cm³/mol. The highest BCUT2D eigenvalue weighted by molar-refractivity contribution is 6.03. The minimum atomic E-state index is -0.646. The molecule has 9 heteroatoms. The van der Waals surface area contributed by atoms with Crippen LogP contribution < -0.4 is 21.5 Å². The van der Waals surface area contributed by atoms with Crippen LogP contribution in [0.4, 0.5) is 10.2 Å². The van der Waals surface area contributed by atoms with E-state index in [-0.39, 0.29) is 35.3 Å². The molecule has 0 aliphatic heterocycles. The molecule has 0 fully saturated rings. The topological polar surface area (TPSA) is 125 Å². The fraction of sp³-hybridized carbons (Fsp3) is 0.261. The predicted octanol–water partition coefficient (Wildman–Crippen LogP) is 3.28. The summed E-state index contributed by atoms with van der Waals surface area (Å²) in [5, 5.41) is 7.26. The van der Waals surface area contributed by atoms with E-state index in [2.05, 4.69) is 10.4 Å². The second-order valence-electron chi connectivity index (χ2n) is 7.40. The Morgan fingerprint density at radius 1 is 1.22 bits per heavy atom. The normalized spacial score (nSPS) is 11.8. The molecule has 0 saturated carbocycles. The molecule has 5 N–H and O–H groups in total. The van der Waals surface area contributed by atoms with Gasteiger partial charge in [0.2, 0.25) is 0 Å². The third-order valence-corrected chi connectivity index (χ3v) is 5.29. The smallest absolute Gasteiger partial charge is 0.255 e. The molecule has 2 aromatic carbocycles. The van der Waals surface area contributed by atoms with Gasteiger partial charge in [-0.05, 0) is 37.1 Å². The Morgan fingerprint density at radius 3 is 2.50 bits per heavy atom. The van der Waals surface area contributed by atoms with Crippen molar-refractivity contribution in [1.29, 1.82) is 0 Å². The third-order valence-electron chi connectivity index (χ3n) is 5.29. The number of methoxy groups -OCH3 is 1. The number of rotatable bonds is 8. The minimum absolute atomic E-state index is 0.0103. The number of benzene rings is 2. The van der Waals surface area contributed by atoms with Gasteiger partial charge < -0.3 is 21.5 Å². The molecule has 2 amide bonds. The molecular weight excluding hydrogens is 413 g/mol. The van der Waals surface area contributed by atoms with Crippen molar-refractivity contribution in [3.63, 3.8) is 0 Å². The molecule has 1 unspecified atom stereocenters. The van der Waals surface area contributed by atoms with E-state index in [1.54, 1.807) is 28.9 Å². The van der Waals surface area contributed by atoms with E-state index in [1.807, 2.05) is 13.8 Å². The van der Waals surface area contributed by atoms with Gasteiger partial charge in [-0.25, -0.2) is 9.07 Å². The maximum atomic E-state index is 13.5. The maximum absolute atomic E-state index is 13.5. The second kappa shape index (κ2) is 9.51. The van der Waals surface area contributed by atoms with Crippen molar-refractivity contribution in [3.05, 3.63) is 65.0 Å². The number of halogens is 1. The number of carbonyl (C=O) groups is 2. The number of amides is 2. The summed E-state index contributed by atoms with van der Waals surface area (Å²) in [7, 11) is 1.42. The Kier molecular flexibility index (Phi) is 6.77. The first-order chi connectivity index (χ1) is 15.3. The van der Waals surface area contributed by atoms with Gasteiger partial charge in [0.25, 0.3) is 11.8 Å². The average molecular weight is 439 g/mol. The van der Waals surface area contributed by atoms with Crippen LogP contribution in [0, 0.1) is 5.82 Å². The maximum Gasteiger partial charge on any atom is 0.255 e. The molecule has 0 bridgehead atoms. The summed E-state index contributed by atoms with van der Waals surface area (Å²) in [5.74, 6) is -1.11. The number of hydrogen-bond acceptors (Lipinski definition) is 5. The van der Waals surface area contributed by atoms with Crippen molar-refractivity contribution in [1.82, 2.24) is 15.1 Å². The van der Waals surface area contributed by atoms with Crippen molar-refractivity contribution >= 4 is 17.6 Å². The summed E-state index contributed by atoms with van der Waals surface area (Å²) in [4.78, 5) is 24.5. The molecular formula is C23H26FN5O3. The largest absolute Gasteiger partial charge is 0.496 e. The van der Waals surface area contributed by atoms with Crippen molar-refractivity contribution in [2.24, 2.45) is 5.73 Å². The molecule has 32 heavy (non-hydrogen) atoms. The van der Waals surface area contributed by atoms with Gasteiger partial charge in [-0.2, -0.15) is 5.10 Å². The molecule has 3 aromatic rings. The monoisotopic (exact) mass is 439 g/mol. The van der Waals surface area contributed by atoms with Crippen LogP contribution in [0.15, 0.2) is 42.5 Å². The number of hydrogen-bond donors (Lipinski definition) is 3. The lowest BCUT2D eigenvalue weighted by molar-refractivity contribution is 0.0946. The summed E-state index contributed by atoms with van der Waals surface area (Å²) < 4.78 is 20.2. The first-order valence-corrected chi connectivity index (χ1v) is 10.2. The zero-order valence-corrected chi connectivity index (χ0v) is 18.2. The van der Waals surface area contributed by atoms with Crippen LogP contribution in [0.25, 0.3) is 11.3 Å². The standard InChI is InChI=1S/C23H26FN5O3/c1-4-13(2)29-21(25)19(22(26)30)20(28-29)15-7-5-14(6-8-15)12-27-23(31)17-11-16(24)9-10-18(17)32-3/h5-11,13H,4,12,25H2,1-3H3,(H2,26,30)(H,27,31). The summed E-state index contributed by atoms with van der Waals surface area (Å²) in [5.41, 5.74) is 13.9. The Balaban J connectivity index is 1.80. The lowest BCUT2D eigenvalue weighted by Gasteiger charge is -2.10. The number of aromatic nitrogens is 2. The Labute approximate surface area is 185 Å². The summed E-state index contributed by atoms with van der Waals surface area (Å²) in [6, 6.07) is 10.9. The van der Waals surface area contributed by atoms with Gasteiger partial charge in [0, 0.05) is 12.1 Å². The van der Waals surface area contributed by atoms with E-state index in [9.17, 15) is 14.0 Å². The highest BCUT2D eigenvalue weighted by Gasteiger charge is 2.23. The lowest BCUT2D eigenvalue weighted by atomic mass is 10.0. The van der Waals surface area contributed by atoms with E-state index in [0.717, 1.165) is 18.1 Å². The molecule has 168 valence electrons. The van der Waals surface area contributed by atoms with Crippen LogP contribution in [-0.2, 0) is 6.54 Å². The number of nitrogen functional groups attached to an aromatic ring is 1. The van der Waals surface area contributed by atoms with Crippen LogP contribution in [0.1, 0.15) is 52.6 Å². The van der Waals surface area contributed by atoms with Gasteiger partial charge >= 0.3 is 0 Å². The summed E-state index contributed by atoms with van der Waals surface area (Å²) >= 11 is 0. The number of nitrogens with two attached hydrogens (primary N) is 2. The Bertz CT molecular complexity index is 1140. The van der Waals surface area contributed by atoms with Crippen LogP contribution in [-0.4, -0.2) is 28.7 Å². The van der Waals surface area contributed by atoms with Crippen molar-refractivity contribution in [2.45, 2.75) is 32.9 Å². The molecule has 0 aliphatic carbocycles. The zero-order valence-electron chi connectivity index (χ0n) is 18.2. The van der Waals surface area contributed by atoms with E-state index >= 15 is 0 Å². The Hall–Kier alpha value is -3.88. The van der Waals surface area contributed by atoms with Gasteiger partial charge in [0.05, 0.1) is 18.7 Å². The van der Waals surface area contributed by atoms with Gasteiger partial charge in [-0.3, -0.25) is 9.59 Å². The molecule has 1 heterocycles.